The molecular weight excluding hydrogens is 701 g/mol. The van der Waals surface area contributed by atoms with Crippen LogP contribution < -0.4 is 0 Å². The maximum Gasteiger partial charge on any atom is 0.115 e. The van der Waals surface area contributed by atoms with Crippen molar-refractivity contribution in [2.75, 3.05) is 0 Å². The Balaban J connectivity index is 0.000000282. The molecule has 0 aliphatic carbocycles. The lowest BCUT2D eigenvalue weighted by Gasteiger charge is -1.70. The first kappa shape index (κ1) is 42.2. The highest BCUT2D eigenvalue weighted by Gasteiger charge is 1.63. The highest BCUT2D eigenvalue weighted by atomic mass is 32.1. The molecule has 0 aromatic carbocycles. The number of aromatic nitrogens is 10. The van der Waals surface area contributed by atoms with Crippen molar-refractivity contribution in [3.63, 3.8) is 0 Å². The highest BCUT2D eigenvalue weighted by molar-refractivity contribution is 7.08. The number of rotatable bonds is 0. The second kappa shape index (κ2) is 39.4. The molecule has 9 rings (SSSR count). The molecule has 0 spiro atoms. The molecule has 0 fully saturated rings. The Labute approximate surface area is 309 Å². The van der Waals surface area contributed by atoms with Gasteiger partial charge in [0.15, 0.2) is 0 Å². The predicted molar refractivity (Wildman–Crippen MR) is 207 cm³/mol. The summed E-state index contributed by atoms with van der Waals surface area (Å²) < 4.78 is 0. The van der Waals surface area contributed by atoms with E-state index in [9.17, 15) is 0 Å². The van der Waals surface area contributed by atoms with Crippen molar-refractivity contribution >= 4 is 45.3 Å². The number of thiophene rings is 1. The summed E-state index contributed by atoms with van der Waals surface area (Å²) in [6.45, 7) is 0. The topological polar surface area (TPSA) is 129 Å². The van der Waals surface area contributed by atoms with Crippen LogP contribution in [0.5, 0.6) is 0 Å². The van der Waals surface area contributed by atoms with E-state index in [0.717, 1.165) is 0 Å². The molecule has 9 aromatic rings. The van der Waals surface area contributed by atoms with Crippen LogP contribution in [0.1, 0.15) is 0 Å². The molecule has 0 amide bonds. The molecular formula is C36H36N10S4. The Morgan fingerprint density at radius 3 is 0.620 bits per heavy atom. The lowest BCUT2D eigenvalue weighted by atomic mass is 10.5. The lowest BCUT2D eigenvalue weighted by Crippen LogP contribution is -1.66. The van der Waals surface area contributed by atoms with Crippen molar-refractivity contribution in [3.8, 4) is 0 Å². The van der Waals surface area contributed by atoms with Gasteiger partial charge in [0, 0.05) is 109 Å². The first-order valence-electron chi connectivity index (χ1n) is 14.4. The molecule has 10 nitrogen and oxygen atoms in total. The molecule has 0 atom stereocenters. The standard InChI is InChI=1S/3C5H5N.2C4H4N2.C4H4S.3C3H3NS/c3*1-2-4-6-5-3-1;1-2-6-4-3-5-1;1-2-5-4-6-3-1;1-2-4-5-3-1;3*1-2-5-3-4-1/h3*1-5H;2*1-4H;1-4H;3*1-3H. The van der Waals surface area contributed by atoms with Crippen molar-refractivity contribution < 1.29 is 0 Å². The van der Waals surface area contributed by atoms with Crippen LogP contribution in [0.15, 0.2) is 216 Å². The van der Waals surface area contributed by atoms with Crippen molar-refractivity contribution in [2.24, 2.45) is 0 Å². The number of hydrogen-bond acceptors (Lipinski definition) is 14. The largest absolute Gasteiger partial charge is 0.265 e. The number of hydrogen-bond donors (Lipinski definition) is 0. The highest BCUT2D eigenvalue weighted by Crippen LogP contribution is 1.91. The summed E-state index contributed by atoms with van der Waals surface area (Å²) in [6.07, 6.45) is 27.2. The zero-order chi connectivity index (χ0) is 35.4. The van der Waals surface area contributed by atoms with E-state index in [1.54, 1.807) is 161 Å². The van der Waals surface area contributed by atoms with Gasteiger partial charge in [-0.2, -0.15) is 11.3 Å². The lowest BCUT2D eigenvalue weighted by molar-refractivity contribution is 1.17. The van der Waals surface area contributed by atoms with Gasteiger partial charge in [0.05, 0.1) is 16.5 Å². The average molecular weight is 737 g/mol. The van der Waals surface area contributed by atoms with E-state index >= 15 is 0 Å². The van der Waals surface area contributed by atoms with Crippen LogP contribution in [0.2, 0.25) is 0 Å². The molecule has 0 radical (unpaired) electrons. The number of nitrogens with zero attached hydrogens (tertiary/aromatic N) is 10. The van der Waals surface area contributed by atoms with Gasteiger partial charge in [-0.05, 0) is 53.2 Å². The molecule has 0 saturated carbocycles. The number of thiazole rings is 3. The molecule has 0 bridgehead atoms. The van der Waals surface area contributed by atoms with Crippen molar-refractivity contribution in [1.29, 1.82) is 0 Å². The minimum Gasteiger partial charge on any atom is -0.265 e. The summed E-state index contributed by atoms with van der Waals surface area (Å²) >= 11 is 6.52. The summed E-state index contributed by atoms with van der Waals surface area (Å²) in [7, 11) is 0. The van der Waals surface area contributed by atoms with Gasteiger partial charge in [-0.3, -0.25) is 39.9 Å². The van der Waals surface area contributed by atoms with Crippen LogP contribution in [0.3, 0.4) is 0 Å². The fraction of sp³-hybridized carbons (Fsp3) is 0. The second-order valence-corrected chi connectivity index (χ2v) is 10.8. The summed E-state index contributed by atoms with van der Waals surface area (Å²) in [5.41, 5.74) is 5.38. The van der Waals surface area contributed by atoms with E-state index in [4.69, 9.17) is 0 Å². The first-order valence-corrected chi connectivity index (χ1v) is 18.2. The third-order valence-electron chi connectivity index (χ3n) is 4.12. The Kier molecular flexibility index (Phi) is 33.3. The summed E-state index contributed by atoms with van der Waals surface area (Å²) in [5.74, 6) is 0. The first-order chi connectivity index (χ1) is 25.0. The molecule has 0 N–H and O–H groups in total. The fourth-order valence-corrected chi connectivity index (χ4v) is 3.71. The van der Waals surface area contributed by atoms with Crippen LogP contribution in [0.4, 0.5) is 0 Å². The van der Waals surface area contributed by atoms with E-state index in [0.29, 0.717) is 0 Å². The average Bonchev–Trinajstić information content (AvgIpc) is 4.09. The van der Waals surface area contributed by atoms with E-state index in [1.807, 2.05) is 93.6 Å². The van der Waals surface area contributed by atoms with Crippen LogP contribution in [0, 0.1) is 0 Å². The maximum atomic E-state index is 3.78. The molecule has 14 heteroatoms. The van der Waals surface area contributed by atoms with Gasteiger partial charge < -0.3 is 0 Å². The predicted octanol–water partition coefficient (Wildman–Crippen LogP) is 9.38. The van der Waals surface area contributed by atoms with E-state index in [2.05, 4.69) is 49.8 Å². The molecule has 0 unspecified atom stereocenters. The van der Waals surface area contributed by atoms with Gasteiger partial charge in [0.25, 0.3) is 0 Å². The molecule has 50 heavy (non-hydrogen) atoms. The zero-order valence-corrected chi connectivity index (χ0v) is 30.2. The zero-order valence-electron chi connectivity index (χ0n) is 26.9. The Morgan fingerprint density at radius 1 is 0.200 bits per heavy atom. The Hall–Kier alpha value is -5.80. The SMILES string of the molecule is c1ccncc1.c1ccncc1.c1ccncc1.c1ccsc1.c1cnccn1.c1cncnc1.c1cscn1.c1cscn1.c1cscn1. The van der Waals surface area contributed by atoms with Gasteiger partial charge in [0.1, 0.15) is 6.33 Å². The van der Waals surface area contributed by atoms with Crippen LogP contribution in [-0.2, 0) is 0 Å². The van der Waals surface area contributed by atoms with Crippen molar-refractivity contribution in [1.82, 2.24) is 49.8 Å². The third-order valence-corrected chi connectivity index (χ3v) is 6.32. The molecule has 0 aliphatic heterocycles. The molecule has 9 heterocycles. The Morgan fingerprint density at radius 2 is 0.520 bits per heavy atom. The molecule has 0 saturated heterocycles. The smallest absolute Gasteiger partial charge is 0.115 e. The van der Waals surface area contributed by atoms with Gasteiger partial charge in [-0.25, -0.2) is 9.97 Å². The van der Waals surface area contributed by atoms with E-state index in [-0.39, 0.29) is 0 Å². The van der Waals surface area contributed by atoms with Crippen LogP contribution >= 0.6 is 45.3 Å². The van der Waals surface area contributed by atoms with Crippen LogP contribution in [-0.4, -0.2) is 49.8 Å². The van der Waals surface area contributed by atoms with Crippen LogP contribution in [0.25, 0.3) is 0 Å². The summed E-state index contributed by atoms with van der Waals surface area (Å²) in [4.78, 5) is 37.4. The second-order valence-electron chi connectivity index (χ2n) is 7.69. The maximum absolute atomic E-state index is 3.78. The van der Waals surface area contributed by atoms with E-state index < -0.39 is 0 Å². The van der Waals surface area contributed by atoms with Crippen molar-refractivity contribution in [3.05, 3.63) is 216 Å². The van der Waals surface area contributed by atoms with Gasteiger partial charge in [0.2, 0.25) is 0 Å². The fourth-order valence-electron chi connectivity index (χ4n) is 2.20. The minimum atomic E-state index is 1.50. The van der Waals surface area contributed by atoms with E-state index in [1.165, 1.54) is 6.33 Å². The molecule has 0 aliphatic rings. The number of pyridine rings is 3. The third kappa shape index (κ3) is 36.7. The quantitative estimate of drug-likeness (QED) is 0.148. The molecule has 9 aromatic heterocycles. The van der Waals surface area contributed by atoms with Crippen molar-refractivity contribution in [2.45, 2.75) is 0 Å². The van der Waals surface area contributed by atoms with Gasteiger partial charge in [-0.1, -0.05) is 30.3 Å². The monoisotopic (exact) mass is 736 g/mol. The summed E-state index contributed by atoms with van der Waals surface area (Å²) in [6, 6.07) is 23.0. The van der Waals surface area contributed by atoms with Gasteiger partial charge >= 0.3 is 0 Å². The minimum absolute atomic E-state index is 1.50. The molecule has 254 valence electrons. The normalized spacial score (nSPS) is 8.00. The summed E-state index contributed by atoms with van der Waals surface area (Å²) in [5, 5.41) is 9.88. The van der Waals surface area contributed by atoms with Gasteiger partial charge in [-0.15, -0.1) is 34.0 Å². The Bertz CT molecular complexity index is 1180.